The lowest BCUT2D eigenvalue weighted by Crippen LogP contribution is -2.16. The average Bonchev–Trinajstić information content (AvgIpc) is 2.16. The minimum atomic E-state index is -0.354. The Morgan fingerprint density at radius 3 is 3.00 bits per heavy atom. The highest BCUT2D eigenvalue weighted by Crippen LogP contribution is 2.16. The molecule has 0 radical (unpaired) electrons. The Morgan fingerprint density at radius 1 is 1.67 bits per heavy atom. The molecule has 0 fully saturated rings. The summed E-state index contributed by atoms with van der Waals surface area (Å²) in [6.07, 6.45) is 2.12. The van der Waals surface area contributed by atoms with Gasteiger partial charge in [0.1, 0.15) is 11.0 Å². The number of rotatable bonds is 5. The van der Waals surface area contributed by atoms with Crippen molar-refractivity contribution in [2.75, 3.05) is 18.1 Å². The normalized spacial score (nSPS) is 10.0. The number of hydrogen-bond acceptors (Lipinski definition) is 5. The Hall–Kier alpha value is -1.01. The molecule has 1 heterocycles. The third-order valence-electron chi connectivity index (χ3n) is 1.53. The number of hydrogen-bond donors (Lipinski definition) is 2. The number of nitrogens with two attached hydrogens (primary N) is 1. The Labute approximate surface area is 96.8 Å². The molecule has 1 amide bonds. The van der Waals surface area contributed by atoms with Crippen LogP contribution in [-0.2, 0) is 4.79 Å². The second-order valence-electron chi connectivity index (χ2n) is 2.71. The van der Waals surface area contributed by atoms with Gasteiger partial charge in [-0.15, -0.1) is 0 Å². The van der Waals surface area contributed by atoms with E-state index in [1.54, 1.807) is 6.07 Å². The molecule has 0 bridgehead atoms. The van der Waals surface area contributed by atoms with Crippen molar-refractivity contribution in [3.05, 3.63) is 11.2 Å². The van der Waals surface area contributed by atoms with Gasteiger partial charge >= 0.3 is 0 Å². The lowest BCUT2D eigenvalue weighted by Gasteiger charge is -2.05. The highest BCUT2D eigenvalue weighted by Gasteiger charge is 2.02. The SMILES string of the molecule is CSc1nc(Cl)cc(NCCC(N)=O)n1. The Kier molecular flexibility index (Phi) is 4.64. The van der Waals surface area contributed by atoms with Crippen molar-refractivity contribution in [3.8, 4) is 0 Å². The molecule has 0 aliphatic heterocycles. The molecule has 15 heavy (non-hydrogen) atoms. The third-order valence-corrected chi connectivity index (χ3v) is 2.28. The summed E-state index contributed by atoms with van der Waals surface area (Å²) in [6.45, 7) is 0.441. The minimum Gasteiger partial charge on any atom is -0.370 e. The molecule has 0 spiro atoms. The van der Waals surface area contributed by atoms with Gasteiger partial charge < -0.3 is 11.1 Å². The van der Waals surface area contributed by atoms with E-state index in [1.807, 2.05) is 6.26 Å². The number of primary amides is 1. The molecule has 0 saturated carbocycles. The van der Waals surface area contributed by atoms with Gasteiger partial charge in [-0.25, -0.2) is 9.97 Å². The van der Waals surface area contributed by atoms with Crippen molar-refractivity contribution in [3.63, 3.8) is 0 Å². The first-order chi connectivity index (χ1) is 7.11. The van der Waals surface area contributed by atoms with Crippen LogP contribution in [-0.4, -0.2) is 28.7 Å². The smallest absolute Gasteiger partial charge is 0.219 e. The summed E-state index contributed by atoms with van der Waals surface area (Å²) in [7, 11) is 0. The van der Waals surface area contributed by atoms with Gasteiger partial charge in [-0.05, 0) is 6.26 Å². The summed E-state index contributed by atoms with van der Waals surface area (Å²) in [5, 5.41) is 3.90. The van der Waals surface area contributed by atoms with Crippen LogP contribution < -0.4 is 11.1 Å². The molecule has 0 saturated heterocycles. The number of amides is 1. The number of anilines is 1. The van der Waals surface area contributed by atoms with E-state index in [0.29, 0.717) is 22.7 Å². The number of thioether (sulfide) groups is 1. The molecule has 82 valence electrons. The number of carbonyl (C=O) groups is 1. The van der Waals surface area contributed by atoms with Crippen molar-refractivity contribution >= 4 is 35.1 Å². The molecule has 0 aliphatic rings. The summed E-state index contributed by atoms with van der Waals surface area (Å²) >= 11 is 7.17. The first kappa shape index (κ1) is 12.1. The first-order valence-electron chi connectivity index (χ1n) is 4.22. The molecule has 5 nitrogen and oxygen atoms in total. The largest absolute Gasteiger partial charge is 0.370 e. The standard InChI is InChI=1S/C8H11ClN4OS/c1-15-8-12-5(9)4-7(13-8)11-3-2-6(10)14/h4H,2-3H2,1H3,(H2,10,14)(H,11,12,13). The van der Waals surface area contributed by atoms with Crippen molar-refractivity contribution in [1.82, 2.24) is 9.97 Å². The van der Waals surface area contributed by atoms with Gasteiger partial charge in [-0.3, -0.25) is 4.79 Å². The Bertz CT molecular complexity index is 360. The predicted molar refractivity (Wildman–Crippen MR) is 61.1 cm³/mol. The second-order valence-corrected chi connectivity index (χ2v) is 3.87. The van der Waals surface area contributed by atoms with Crippen LogP contribution in [0.3, 0.4) is 0 Å². The van der Waals surface area contributed by atoms with Gasteiger partial charge in [0.05, 0.1) is 0 Å². The zero-order valence-electron chi connectivity index (χ0n) is 8.16. The van der Waals surface area contributed by atoms with Gasteiger partial charge in [-0.1, -0.05) is 23.4 Å². The zero-order chi connectivity index (χ0) is 11.3. The molecule has 3 N–H and O–H groups in total. The fourth-order valence-corrected chi connectivity index (χ4v) is 1.51. The number of nitrogens with zero attached hydrogens (tertiary/aromatic N) is 2. The van der Waals surface area contributed by atoms with Gasteiger partial charge in [-0.2, -0.15) is 0 Å². The molecule has 1 rings (SSSR count). The second kappa shape index (κ2) is 5.77. The van der Waals surface area contributed by atoms with E-state index in [2.05, 4.69) is 15.3 Å². The van der Waals surface area contributed by atoms with E-state index in [0.717, 1.165) is 0 Å². The summed E-state index contributed by atoms with van der Waals surface area (Å²) in [5.41, 5.74) is 5.00. The van der Waals surface area contributed by atoms with Gasteiger partial charge in [0.15, 0.2) is 5.16 Å². The predicted octanol–water partition coefficient (Wildman–Crippen LogP) is 1.14. The van der Waals surface area contributed by atoms with Gasteiger partial charge in [0, 0.05) is 19.0 Å². The van der Waals surface area contributed by atoms with Crippen LogP contribution >= 0.6 is 23.4 Å². The van der Waals surface area contributed by atoms with Gasteiger partial charge in [0.25, 0.3) is 0 Å². The fourth-order valence-electron chi connectivity index (χ4n) is 0.892. The molecule has 1 aromatic heterocycles. The molecular weight excluding hydrogens is 236 g/mol. The summed E-state index contributed by atoms with van der Waals surface area (Å²) in [6, 6.07) is 1.60. The Morgan fingerprint density at radius 2 is 2.40 bits per heavy atom. The lowest BCUT2D eigenvalue weighted by molar-refractivity contribution is -0.117. The number of halogens is 1. The number of aromatic nitrogens is 2. The maximum atomic E-state index is 10.5. The summed E-state index contributed by atoms with van der Waals surface area (Å²) in [4.78, 5) is 18.6. The van der Waals surface area contributed by atoms with E-state index in [1.165, 1.54) is 11.8 Å². The molecule has 7 heteroatoms. The van der Waals surface area contributed by atoms with Crippen LogP contribution in [0.15, 0.2) is 11.2 Å². The van der Waals surface area contributed by atoms with Crippen molar-refractivity contribution in [1.29, 1.82) is 0 Å². The van der Waals surface area contributed by atoms with Crippen molar-refractivity contribution < 1.29 is 4.79 Å². The first-order valence-corrected chi connectivity index (χ1v) is 5.83. The molecular formula is C8H11ClN4OS. The number of carbonyl (C=O) groups excluding carboxylic acids is 1. The van der Waals surface area contributed by atoms with Gasteiger partial charge in [0.2, 0.25) is 5.91 Å². The van der Waals surface area contributed by atoms with Crippen LogP contribution in [0, 0.1) is 0 Å². The maximum Gasteiger partial charge on any atom is 0.219 e. The zero-order valence-corrected chi connectivity index (χ0v) is 9.73. The highest BCUT2D eigenvalue weighted by atomic mass is 35.5. The summed E-state index contributed by atoms with van der Waals surface area (Å²) in [5.74, 6) is 0.244. The van der Waals surface area contributed by atoms with Crippen LogP contribution in [0.4, 0.5) is 5.82 Å². The Balaban J connectivity index is 2.60. The van der Waals surface area contributed by atoms with Crippen LogP contribution in [0.5, 0.6) is 0 Å². The van der Waals surface area contributed by atoms with E-state index < -0.39 is 0 Å². The average molecular weight is 247 g/mol. The van der Waals surface area contributed by atoms with E-state index in [-0.39, 0.29) is 12.3 Å². The monoisotopic (exact) mass is 246 g/mol. The molecule has 1 aromatic rings. The topological polar surface area (TPSA) is 80.9 Å². The van der Waals surface area contributed by atoms with Crippen LogP contribution in [0.1, 0.15) is 6.42 Å². The van der Waals surface area contributed by atoms with Crippen LogP contribution in [0.25, 0.3) is 0 Å². The molecule has 0 atom stereocenters. The minimum absolute atomic E-state index is 0.260. The van der Waals surface area contributed by atoms with Crippen LogP contribution in [0.2, 0.25) is 5.15 Å². The van der Waals surface area contributed by atoms with E-state index in [4.69, 9.17) is 17.3 Å². The number of nitrogens with one attached hydrogen (secondary N) is 1. The van der Waals surface area contributed by atoms with Crippen molar-refractivity contribution in [2.45, 2.75) is 11.6 Å². The van der Waals surface area contributed by atoms with E-state index in [9.17, 15) is 4.79 Å². The molecule has 0 aromatic carbocycles. The molecule has 0 aliphatic carbocycles. The quantitative estimate of drug-likeness (QED) is 0.463. The lowest BCUT2D eigenvalue weighted by atomic mass is 10.4. The third kappa shape index (κ3) is 4.35. The fraction of sp³-hybridized carbons (Fsp3) is 0.375. The van der Waals surface area contributed by atoms with E-state index >= 15 is 0 Å². The van der Waals surface area contributed by atoms with Crippen molar-refractivity contribution in [2.24, 2.45) is 5.73 Å². The summed E-state index contributed by atoms with van der Waals surface area (Å²) < 4.78 is 0. The maximum absolute atomic E-state index is 10.5. The highest BCUT2D eigenvalue weighted by molar-refractivity contribution is 7.98. The molecule has 0 unspecified atom stereocenters.